The summed E-state index contributed by atoms with van der Waals surface area (Å²) in [6.45, 7) is 1.59. The molecule has 0 saturated carbocycles. The lowest BCUT2D eigenvalue weighted by molar-refractivity contribution is 0.331. The lowest BCUT2D eigenvalue weighted by Crippen LogP contribution is -2.05. The van der Waals surface area contributed by atoms with Gasteiger partial charge in [-0.1, -0.05) is 29.8 Å². The molecule has 3 nitrogen and oxygen atoms in total. The van der Waals surface area contributed by atoms with Crippen LogP contribution in [0, 0.1) is 0 Å². The van der Waals surface area contributed by atoms with Crippen molar-refractivity contribution in [3.05, 3.63) is 42.0 Å². The highest BCUT2D eigenvalue weighted by Crippen LogP contribution is 2.10. The first kappa shape index (κ1) is 11.9. The lowest BCUT2D eigenvalue weighted by atomic mass is 10.3. The van der Waals surface area contributed by atoms with Crippen LogP contribution in [0.3, 0.4) is 0 Å². The second kappa shape index (κ2) is 5.09. The van der Waals surface area contributed by atoms with Gasteiger partial charge in [0.15, 0.2) is 9.84 Å². The van der Waals surface area contributed by atoms with Crippen LogP contribution in [-0.2, 0) is 9.84 Å². The molecule has 1 N–H and O–H groups in total. The largest absolute Gasteiger partial charge is 0.392 e. The van der Waals surface area contributed by atoms with Crippen molar-refractivity contribution >= 4 is 9.84 Å². The van der Waals surface area contributed by atoms with E-state index in [0.717, 1.165) is 0 Å². The maximum absolute atomic E-state index is 11.7. The number of sulfone groups is 1. The summed E-state index contributed by atoms with van der Waals surface area (Å²) in [6, 6.07) is 8.29. The van der Waals surface area contributed by atoms with Gasteiger partial charge < -0.3 is 5.11 Å². The minimum atomic E-state index is -3.25. The Morgan fingerprint density at radius 3 is 2.47 bits per heavy atom. The SMILES string of the molecule is C/C(=C\CS(=O)(=O)c1ccccc1)CO. The molecular formula is C11H14O3S. The average molecular weight is 226 g/mol. The summed E-state index contributed by atoms with van der Waals surface area (Å²) in [7, 11) is -3.25. The first-order chi connectivity index (χ1) is 7.06. The molecule has 1 rings (SSSR count). The van der Waals surface area contributed by atoms with Crippen molar-refractivity contribution in [2.24, 2.45) is 0 Å². The van der Waals surface area contributed by atoms with Gasteiger partial charge in [-0.25, -0.2) is 8.42 Å². The monoisotopic (exact) mass is 226 g/mol. The molecule has 1 aromatic rings. The fourth-order valence-corrected chi connectivity index (χ4v) is 2.31. The maximum Gasteiger partial charge on any atom is 0.181 e. The topological polar surface area (TPSA) is 54.4 Å². The second-order valence-corrected chi connectivity index (χ2v) is 5.34. The number of aliphatic hydroxyl groups excluding tert-OH is 1. The van der Waals surface area contributed by atoms with Crippen LogP contribution in [0.5, 0.6) is 0 Å². The van der Waals surface area contributed by atoms with E-state index in [2.05, 4.69) is 0 Å². The highest BCUT2D eigenvalue weighted by Gasteiger charge is 2.11. The van der Waals surface area contributed by atoms with Crippen LogP contribution in [-0.4, -0.2) is 25.9 Å². The van der Waals surface area contributed by atoms with Crippen LogP contribution in [0.4, 0.5) is 0 Å². The molecule has 0 radical (unpaired) electrons. The van der Waals surface area contributed by atoms with Gasteiger partial charge in [0, 0.05) is 0 Å². The van der Waals surface area contributed by atoms with Gasteiger partial charge in [0.05, 0.1) is 17.3 Å². The number of hydrogen-bond donors (Lipinski definition) is 1. The number of benzene rings is 1. The molecule has 0 amide bonds. The zero-order valence-corrected chi connectivity index (χ0v) is 9.37. The van der Waals surface area contributed by atoms with E-state index in [1.165, 1.54) is 6.08 Å². The Bertz CT molecular complexity index is 432. The van der Waals surface area contributed by atoms with Gasteiger partial charge >= 0.3 is 0 Å². The van der Waals surface area contributed by atoms with Crippen molar-refractivity contribution in [1.82, 2.24) is 0 Å². The molecule has 0 aliphatic rings. The molecule has 4 heteroatoms. The van der Waals surface area contributed by atoms with Crippen LogP contribution >= 0.6 is 0 Å². The summed E-state index contributed by atoms with van der Waals surface area (Å²) in [5, 5.41) is 8.74. The third-order valence-corrected chi connectivity index (χ3v) is 3.60. The predicted molar refractivity (Wildman–Crippen MR) is 59.3 cm³/mol. The van der Waals surface area contributed by atoms with E-state index < -0.39 is 9.84 Å². The Morgan fingerprint density at radius 2 is 1.93 bits per heavy atom. The van der Waals surface area contributed by atoms with E-state index >= 15 is 0 Å². The Labute approximate surface area is 90.0 Å². The second-order valence-electron chi connectivity index (χ2n) is 3.30. The molecule has 0 aromatic heterocycles. The molecule has 82 valence electrons. The Kier molecular flexibility index (Phi) is 4.05. The van der Waals surface area contributed by atoms with Crippen LogP contribution in [0.25, 0.3) is 0 Å². The van der Waals surface area contributed by atoms with Crippen LogP contribution in [0.15, 0.2) is 46.9 Å². The lowest BCUT2D eigenvalue weighted by Gasteiger charge is -2.01. The fourth-order valence-electron chi connectivity index (χ4n) is 1.04. The molecule has 1 aromatic carbocycles. The number of rotatable bonds is 4. The van der Waals surface area contributed by atoms with Gasteiger partial charge in [0.1, 0.15) is 0 Å². The normalized spacial score (nSPS) is 12.8. The molecule has 0 atom stereocenters. The Hall–Kier alpha value is -1.13. The van der Waals surface area contributed by atoms with Gasteiger partial charge in [0.2, 0.25) is 0 Å². The Balaban J connectivity index is 2.87. The van der Waals surface area contributed by atoms with Crippen LogP contribution in [0.1, 0.15) is 6.92 Å². The van der Waals surface area contributed by atoms with Crippen molar-refractivity contribution in [3.63, 3.8) is 0 Å². The molecule has 0 unspecified atom stereocenters. The highest BCUT2D eigenvalue weighted by atomic mass is 32.2. The zero-order valence-electron chi connectivity index (χ0n) is 8.55. The minimum Gasteiger partial charge on any atom is -0.392 e. The summed E-state index contributed by atoms with van der Waals surface area (Å²) < 4.78 is 23.5. The highest BCUT2D eigenvalue weighted by molar-refractivity contribution is 7.91. The van der Waals surface area contributed by atoms with E-state index in [1.54, 1.807) is 37.3 Å². The molecule has 0 aliphatic carbocycles. The molecule has 0 saturated heterocycles. The summed E-state index contributed by atoms with van der Waals surface area (Å²) in [6.07, 6.45) is 1.53. The fraction of sp³-hybridized carbons (Fsp3) is 0.273. The third kappa shape index (κ3) is 3.49. The Morgan fingerprint density at radius 1 is 1.33 bits per heavy atom. The molecule has 0 spiro atoms. The van der Waals surface area contributed by atoms with Crippen molar-refractivity contribution in [3.8, 4) is 0 Å². The van der Waals surface area contributed by atoms with E-state index in [0.29, 0.717) is 10.5 Å². The van der Waals surface area contributed by atoms with E-state index in [4.69, 9.17) is 5.11 Å². The van der Waals surface area contributed by atoms with Gasteiger partial charge in [-0.3, -0.25) is 0 Å². The average Bonchev–Trinajstić information content (AvgIpc) is 2.27. The molecular weight excluding hydrogens is 212 g/mol. The first-order valence-corrected chi connectivity index (χ1v) is 6.26. The van der Waals surface area contributed by atoms with Gasteiger partial charge in [-0.2, -0.15) is 0 Å². The first-order valence-electron chi connectivity index (χ1n) is 4.60. The van der Waals surface area contributed by atoms with E-state index in [-0.39, 0.29) is 12.4 Å². The molecule has 15 heavy (non-hydrogen) atoms. The number of hydrogen-bond acceptors (Lipinski definition) is 3. The maximum atomic E-state index is 11.7. The smallest absolute Gasteiger partial charge is 0.181 e. The van der Waals surface area contributed by atoms with Crippen molar-refractivity contribution in [2.45, 2.75) is 11.8 Å². The quantitative estimate of drug-likeness (QED) is 0.789. The van der Waals surface area contributed by atoms with E-state index in [9.17, 15) is 8.42 Å². The summed E-state index contributed by atoms with van der Waals surface area (Å²) in [5.74, 6) is -0.0661. The predicted octanol–water partition coefficient (Wildman–Crippen LogP) is 1.40. The summed E-state index contributed by atoms with van der Waals surface area (Å²) in [5.41, 5.74) is 0.662. The number of aliphatic hydroxyl groups is 1. The molecule has 0 fully saturated rings. The minimum absolute atomic E-state index is 0.0661. The van der Waals surface area contributed by atoms with E-state index in [1.807, 2.05) is 0 Å². The van der Waals surface area contributed by atoms with Crippen molar-refractivity contribution in [2.75, 3.05) is 12.4 Å². The third-order valence-electron chi connectivity index (χ3n) is 2.00. The van der Waals surface area contributed by atoms with Gasteiger partial charge in [-0.05, 0) is 19.1 Å². The van der Waals surface area contributed by atoms with Gasteiger partial charge in [0.25, 0.3) is 0 Å². The standard InChI is InChI=1S/C11H14O3S/c1-10(9-12)7-8-15(13,14)11-5-3-2-4-6-11/h2-7,12H,8-9H2,1H3/b10-7+. The van der Waals surface area contributed by atoms with Gasteiger partial charge in [-0.15, -0.1) is 0 Å². The molecule has 0 bridgehead atoms. The van der Waals surface area contributed by atoms with Crippen molar-refractivity contribution in [1.29, 1.82) is 0 Å². The molecule has 0 aliphatic heterocycles. The van der Waals surface area contributed by atoms with Crippen LogP contribution in [0.2, 0.25) is 0 Å². The zero-order chi connectivity index (χ0) is 11.3. The van der Waals surface area contributed by atoms with Crippen LogP contribution < -0.4 is 0 Å². The summed E-state index contributed by atoms with van der Waals surface area (Å²) in [4.78, 5) is 0.312. The summed E-state index contributed by atoms with van der Waals surface area (Å²) >= 11 is 0. The van der Waals surface area contributed by atoms with Crippen molar-refractivity contribution < 1.29 is 13.5 Å². The molecule has 0 heterocycles.